The molecule has 1 aliphatic carbocycles. The number of aryl methyl sites for hydroxylation is 1. The van der Waals surface area contributed by atoms with Gasteiger partial charge in [-0.25, -0.2) is 9.78 Å². The zero-order valence-electron chi connectivity index (χ0n) is 21.3. The van der Waals surface area contributed by atoms with Crippen molar-refractivity contribution in [1.82, 2.24) is 19.8 Å². The number of aromatic nitrogens is 2. The van der Waals surface area contributed by atoms with E-state index >= 15 is 0 Å². The monoisotopic (exact) mass is 474 g/mol. The first-order valence-corrected chi connectivity index (χ1v) is 13.3. The van der Waals surface area contributed by atoms with Crippen molar-refractivity contribution in [3.05, 3.63) is 70.3 Å². The van der Waals surface area contributed by atoms with Gasteiger partial charge in [-0.1, -0.05) is 64.3 Å². The molecule has 1 unspecified atom stereocenters. The SMILES string of the molecule is CCCN(C(=O)NC1CCCCC1)C(CC)c1nc2ccccc2c(=O)n1-c1ccc(CC)cc1. The molecule has 1 aliphatic rings. The van der Waals surface area contributed by atoms with Crippen LogP contribution in [-0.4, -0.2) is 33.1 Å². The number of hydrogen-bond acceptors (Lipinski definition) is 3. The van der Waals surface area contributed by atoms with Crippen LogP contribution in [0.2, 0.25) is 0 Å². The molecule has 35 heavy (non-hydrogen) atoms. The van der Waals surface area contributed by atoms with Gasteiger partial charge in [-0.2, -0.15) is 0 Å². The topological polar surface area (TPSA) is 67.2 Å². The third kappa shape index (κ3) is 5.42. The lowest BCUT2D eigenvalue weighted by Crippen LogP contribution is -2.48. The molecule has 6 heteroatoms. The number of urea groups is 1. The van der Waals surface area contributed by atoms with E-state index in [0.29, 0.717) is 29.7 Å². The smallest absolute Gasteiger partial charge is 0.318 e. The van der Waals surface area contributed by atoms with E-state index in [-0.39, 0.29) is 23.7 Å². The lowest BCUT2D eigenvalue weighted by Gasteiger charge is -2.34. The van der Waals surface area contributed by atoms with Crippen molar-refractivity contribution >= 4 is 16.9 Å². The highest BCUT2D eigenvalue weighted by atomic mass is 16.2. The van der Waals surface area contributed by atoms with Crippen molar-refractivity contribution in [2.45, 2.75) is 84.2 Å². The van der Waals surface area contributed by atoms with E-state index in [9.17, 15) is 9.59 Å². The maximum atomic E-state index is 13.8. The molecule has 2 amide bonds. The Morgan fingerprint density at radius 2 is 1.77 bits per heavy atom. The van der Waals surface area contributed by atoms with Gasteiger partial charge in [-0.05, 0) is 61.9 Å². The normalized spacial score (nSPS) is 15.2. The number of amides is 2. The first-order valence-electron chi connectivity index (χ1n) is 13.3. The molecule has 3 aromatic rings. The molecular formula is C29H38N4O2. The molecule has 1 N–H and O–H groups in total. The fourth-order valence-electron chi connectivity index (χ4n) is 5.19. The molecule has 4 rings (SSSR count). The van der Waals surface area contributed by atoms with Gasteiger partial charge < -0.3 is 10.2 Å². The lowest BCUT2D eigenvalue weighted by molar-refractivity contribution is 0.161. The second kappa shape index (κ2) is 11.5. The van der Waals surface area contributed by atoms with E-state index < -0.39 is 0 Å². The summed E-state index contributed by atoms with van der Waals surface area (Å²) >= 11 is 0. The molecule has 0 radical (unpaired) electrons. The van der Waals surface area contributed by atoms with Gasteiger partial charge >= 0.3 is 6.03 Å². The maximum absolute atomic E-state index is 13.8. The molecule has 1 aromatic heterocycles. The Bertz CT molecular complexity index is 1200. The summed E-state index contributed by atoms with van der Waals surface area (Å²) in [5, 5.41) is 3.87. The summed E-state index contributed by atoms with van der Waals surface area (Å²) < 4.78 is 1.71. The van der Waals surface area contributed by atoms with Crippen molar-refractivity contribution in [3.63, 3.8) is 0 Å². The van der Waals surface area contributed by atoms with Crippen LogP contribution in [0.4, 0.5) is 4.79 Å². The number of benzene rings is 2. The van der Waals surface area contributed by atoms with Gasteiger partial charge in [0, 0.05) is 12.6 Å². The van der Waals surface area contributed by atoms with Crippen molar-refractivity contribution in [1.29, 1.82) is 0 Å². The summed E-state index contributed by atoms with van der Waals surface area (Å²) in [5.41, 5.74) is 2.56. The minimum atomic E-state index is -0.318. The average Bonchev–Trinajstić information content (AvgIpc) is 2.89. The van der Waals surface area contributed by atoms with Crippen LogP contribution >= 0.6 is 0 Å². The second-order valence-corrected chi connectivity index (χ2v) is 9.55. The van der Waals surface area contributed by atoms with Gasteiger partial charge in [0.2, 0.25) is 0 Å². The fraction of sp³-hybridized carbons (Fsp3) is 0.483. The van der Waals surface area contributed by atoms with E-state index in [0.717, 1.165) is 44.2 Å². The molecule has 0 spiro atoms. The van der Waals surface area contributed by atoms with Crippen molar-refractivity contribution in [2.24, 2.45) is 0 Å². The third-order valence-corrected chi connectivity index (χ3v) is 7.12. The quantitative estimate of drug-likeness (QED) is 0.425. The Morgan fingerprint density at radius 1 is 1.06 bits per heavy atom. The molecule has 1 saturated carbocycles. The Morgan fingerprint density at radius 3 is 2.43 bits per heavy atom. The van der Waals surface area contributed by atoms with Crippen LogP contribution in [0.15, 0.2) is 53.3 Å². The van der Waals surface area contributed by atoms with Crippen molar-refractivity contribution in [2.75, 3.05) is 6.54 Å². The zero-order chi connectivity index (χ0) is 24.8. The number of fused-ring (bicyclic) bond motifs is 1. The summed E-state index contributed by atoms with van der Waals surface area (Å²) in [5.74, 6) is 0.618. The highest BCUT2D eigenvalue weighted by Gasteiger charge is 2.30. The molecule has 0 saturated heterocycles. The van der Waals surface area contributed by atoms with E-state index in [4.69, 9.17) is 4.98 Å². The first kappa shape index (κ1) is 25.0. The number of nitrogens with zero attached hydrogens (tertiary/aromatic N) is 3. The lowest BCUT2D eigenvalue weighted by atomic mass is 9.96. The molecule has 1 fully saturated rings. The molecule has 0 aliphatic heterocycles. The molecule has 1 atom stereocenters. The van der Waals surface area contributed by atoms with Crippen LogP contribution in [-0.2, 0) is 6.42 Å². The number of hydrogen-bond donors (Lipinski definition) is 1. The molecule has 186 valence electrons. The van der Waals surface area contributed by atoms with Gasteiger partial charge in [0.25, 0.3) is 5.56 Å². The van der Waals surface area contributed by atoms with Gasteiger partial charge in [-0.3, -0.25) is 9.36 Å². The maximum Gasteiger partial charge on any atom is 0.318 e. The summed E-state index contributed by atoms with van der Waals surface area (Å²) in [7, 11) is 0. The molecule has 6 nitrogen and oxygen atoms in total. The third-order valence-electron chi connectivity index (χ3n) is 7.12. The molecule has 1 heterocycles. The summed E-state index contributed by atoms with van der Waals surface area (Å²) in [6, 6.07) is 15.4. The second-order valence-electron chi connectivity index (χ2n) is 9.55. The van der Waals surface area contributed by atoms with Crippen LogP contribution in [0.1, 0.15) is 83.1 Å². The first-order chi connectivity index (χ1) is 17.1. The number of rotatable bonds is 8. The van der Waals surface area contributed by atoms with E-state index in [1.807, 2.05) is 41.3 Å². The molecule has 0 bridgehead atoms. The Balaban J connectivity index is 1.82. The summed E-state index contributed by atoms with van der Waals surface area (Å²) in [6.45, 7) is 6.87. The van der Waals surface area contributed by atoms with Crippen LogP contribution < -0.4 is 10.9 Å². The predicted octanol–water partition coefficient (Wildman–Crippen LogP) is 6.15. The van der Waals surface area contributed by atoms with E-state index in [1.165, 1.54) is 12.0 Å². The van der Waals surface area contributed by atoms with E-state index in [1.54, 1.807) is 4.57 Å². The summed E-state index contributed by atoms with van der Waals surface area (Å²) in [6.07, 6.45) is 8.06. The number of para-hydroxylation sites is 1. The highest BCUT2D eigenvalue weighted by molar-refractivity contribution is 5.78. The number of nitrogens with one attached hydrogen (secondary N) is 1. The van der Waals surface area contributed by atoms with Crippen LogP contribution in [0, 0.1) is 0 Å². The van der Waals surface area contributed by atoms with E-state index in [2.05, 4.69) is 38.2 Å². The fourth-order valence-corrected chi connectivity index (χ4v) is 5.19. The van der Waals surface area contributed by atoms with Gasteiger partial charge in [0.1, 0.15) is 5.82 Å². The van der Waals surface area contributed by atoms with Crippen LogP contribution in [0.25, 0.3) is 16.6 Å². The minimum Gasteiger partial charge on any atom is -0.335 e. The highest BCUT2D eigenvalue weighted by Crippen LogP contribution is 2.27. The van der Waals surface area contributed by atoms with Crippen molar-refractivity contribution in [3.8, 4) is 5.69 Å². The molecule has 2 aromatic carbocycles. The Kier molecular flexibility index (Phi) is 8.21. The number of carbonyl (C=O) groups is 1. The van der Waals surface area contributed by atoms with Crippen LogP contribution in [0.3, 0.4) is 0 Å². The van der Waals surface area contributed by atoms with Crippen LogP contribution in [0.5, 0.6) is 0 Å². The van der Waals surface area contributed by atoms with Gasteiger partial charge in [0.15, 0.2) is 0 Å². The van der Waals surface area contributed by atoms with Gasteiger partial charge in [0.05, 0.1) is 22.6 Å². The predicted molar refractivity (Wildman–Crippen MR) is 142 cm³/mol. The van der Waals surface area contributed by atoms with Gasteiger partial charge in [-0.15, -0.1) is 0 Å². The standard InChI is InChI=1S/C29H38N4O2/c1-4-20-32(29(35)30-22-12-8-7-9-13-22)26(6-3)27-31-25-15-11-10-14-24(25)28(34)33(27)23-18-16-21(5-2)17-19-23/h10-11,14-19,22,26H,4-9,12-13,20H2,1-3H3,(H,30,35). The minimum absolute atomic E-state index is 0.0547. The van der Waals surface area contributed by atoms with Crippen molar-refractivity contribution < 1.29 is 4.79 Å². The zero-order valence-corrected chi connectivity index (χ0v) is 21.3. The molecular weight excluding hydrogens is 436 g/mol. The number of carbonyl (C=O) groups excluding carboxylic acids is 1. The Hall–Kier alpha value is -3.15. The summed E-state index contributed by atoms with van der Waals surface area (Å²) in [4.78, 5) is 34.2. The average molecular weight is 475 g/mol. The Labute approximate surface area is 208 Å². The largest absolute Gasteiger partial charge is 0.335 e.